The molecule has 25 heavy (non-hydrogen) atoms. The topological polar surface area (TPSA) is 66.9 Å². The molecule has 3 rings (SSSR count). The zero-order valence-corrected chi connectivity index (χ0v) is 14.0. The minimum absolute atomic E-state index is 0.170. The van der Waals surface area contributed by atoms with Crippen LogP contribution in [0.1, 0.15) is 16.1 Å². The molecule has 2 N–H and O–H groups in total. The summed E-state index contributed by atoms with van der Waals surface area (Å²) in [6.45, 7) is 1.82. The quantitative estimate of drug-likeness (QED) is 0.718. The van der Waals surface area contributed by atoms with E-state index in [1.165, 1.54) is 24.5 Å². The van der Waals surface area contributed by atoms with E-state index in [4.69, 9.17) is 11.6 Å². The normalized spacial score (nSPS) is 10.4. The number of halogens is 2. The molecular weight excluding hydrogens is 343 g/mol. The number of carbonyl (C=O) groups excluding carboxylic acids is 1. The molecule has 0 aliphatic heterocycles. The molecule has 0 radical (unpaired) electrons. The van der Waals surface area contributed by atoms with E-state index >= 15 is 0 Å². The third kappa shape index (κ3) is 4.10. The van der Waals surface area contributed by atoms with Crippen molar-refractivity contribution in [1.82, 2.24) is 9.97 Å². The maximum absolute atomic E-state index is 12.9. The lowest BCUT2D eigenvalue weighted by atomic mass is 10.2. The van der Waals surface area contributed by atoms with Gasteiger partial charge in [-0.3, -0.25) is 4.79 Å². The summed E-state index contributed by atoms with van der Waals surface area (Å²) in [5, 5.41) is 6.30. The van der Waals surface area contributed by atoms with Crippen molar-refractivity contribution in [3.8, 4) is 0 Å². The van der Waals surface area contributed by atoms with Crippen LogP contribution in [0.2, 0.25) is 5.02 Å². The molecule has 1 heterocycles. The smallest absolute Gasteiger partial charge is 0.275 e. The molecule has 0 aliphatic rings. The third-order valence-corrected chi connectivity index (χ3v) is 3.93. The second-order valence-electron chi connectivity index (χ2n) is 5.29. The van der Waals surface area contributed by atoms with Gasteiger partial charge in [-0.25, -0.2) is 14.4 Å². The molecule has 0 bridgehead atoms. The van der Waals surface area contributed by atoms with Crippen molar-refractivity contribution >= 4 is 34.7 Å². The first-order chi connectivity index (χ1) is 12.0. The highest BCUT2D eigenvalue weighted by molar-refractivity contribution is 6.31. The van der Waals surface area contributed by atoms with Crippen molar-refractivity contribution in [1.29, 1.82) is 0 Å². The van der Waals surface area contributed by atoms with Crippen LogP contribution in [0.5, 0.6) is 0 Å². The van der Waals surface area contributed by atoms with Crippen LogP contribution in [0.3, 0.4) is 0 Å². The van der Waals surface area contributed by atoms with Crippen LogP contribution in [0.4, 0.5) is 21.6 Å². The average molecular weight is 357 g/mol. The molecule has 0 atom stereocenters. The summed E-state index contributed by atoms with van der Waals surface area (Å²) in [5.41, 5.74) is 2.24. The van der Waals surface area contributed by atoms with Gasteiger partial charge in [-0.2, -0.15) is 0 Å². The van der Waals surface area contributed by atoms with Gasteiger partial charge in [0, 0.05) is 16.4 Å². The fraction of sp³-hybridized carbons (Fsp3) is 0.0556. The van der Waals surface area contributed by atoms with E-state index in [0.717, 1.165) is 5.56 Å². The standard InChI is InChI=1S/C18H14ClFN4O/c1-11-14(19)3-2-4-15(11)24-18(25)16-9-22-17(10-21-16)23-13-7-5-12(20)6-8-13/h2-10H,1H3,(H,22,23)(H,24,25). The summed E-state index contributed by atoms with van der Waals surface area (Å²) in [4.78, 5) is 20.5. The fourth-order valence-electron chi connectivity index (χ4n) is 2.12. The maximum Gasteiger partial charge on any atom is 0.275 e. The molecule has 3 aromatic rings. The van der Waals surface area contributed by atoms with E-state index < -0.39 is 0 Å². The number of anilines is 3. The number of rotatable bonds is 4. The van der Waals surface area contributed by atoms with E-state index in [9.17, 15) is 9.18 Å². The van der Waals surface area contributed by atoms with Gasteiger partial charge in [0.15, 0.2) is 0 Å². The van der Waals surface area contributed by atoms with Crippen LogP contribution in [-0.4, -0.2) is 15.9 Å². The number of nitrogens with zero attached hydrogens (tertiary/aromatic N) is 2. The highest BCUT2D eigenvalue weighted by Gasteiger charge is 2.11. The monoisotopic (exact) mass is 356 g/mol. The lowest BCUT2D eigenvalue weighted by molar-refractivity contribution is 0.102. The average Bonchev–Trinajstić information content (AvgIpc) is 2.61. The lowest BCUT2D eigenvalue weighted by Crippen LogP contribution is -2.15. The molecule has 126 valence electrons. The molecule has 0 aliphatic carbocycles. The fourth-order valence-corrected chi connectivity index (χ4v) is 2.29. The van der Waals surface area contributed by atoms with Crippen LogP contribution in [0.25, 0.3) is 0 Å². The molecule has 0 saturated heterocycles. The number of nitrogens with one attached hydrogen (secondary N) is 2. The first kappa shape index (κ1) is 16.9. The van der Waals surface area contributed by atoms with E-state index in [1.54, 1.807) is 30.3 Å². The first-order valence-electron chi connectivity index (χ1n) is 7.44. The number of aromatic nitrogens is 2. The highest BCUT2D eigenvalue weighted by atomic mass is 35.5. The summed E-state index contributed by atoms with van der Waals surface area (Å²) in [6, 6.07) is 11.1. The van der Waals surface area contributed by atoms with Crippen molar-refractivity contribution < 1.29 is 9.18 Å². The van der Waals surface area contributed by atoms with Crippen LogP contribution in [0.15, 0.2) is 54.9 Å². The second kappa shape index (κ2) is 7.27. The van der Waals surface area contributed by atoms with Crippen molar-refractivity contribution in [2.24, 2.45) is 0 Å². The summed E-state index contributed by atoms with van der Waals surface area (Å²) < 4.78 is 12.9. The van der Waals surface area contributed by atoms with Gasteiger partial charge in [0.25, 0.3) is 5.91 Å². The maximum atomic E-state index is 12.9. The zero-order chi connectivity index (χ0) is 17.8. The lowest BCUT2D eigenvalue weighted by Gasteiger charge is -2.09. The molecule has 7 heteroatoms. The van der Waals surface area contributed by atoms with Gasteiger partial charge in [-0.05, 0) is 48.9 Å². The molecule has 0 fully saturated rings. The molecule has 0 saturated carbocycles. The molecule has 1 amide bonds. The Labute approximate surface area is 148 Å². The Hall–Kier alpha value is -2.99. The van der Waals surface area contributed by atoms with Crippen LogP contribution in [-0.2, 0) is 0 Å². The van der Waals surface area contributed by atoms with E-state index in [1.807, 2.05) is 6.92 Å². The van der Waals surface area contributed by atoms with E-state index in [0.29, 0.717) is 22.2 Å². The van der Waals surface area contributed by atoms with Crippen molar-refractivity contribution in [2.75, 3.05) is 10.6 Å². The number of carbonyl (C=O) groups is 1. The Morgan fingerprint density at radius 3 is 2.52 bits per heavy atom. The second-order valence-corrected chi connectivity index (χ2v) is 5.69. The Bertz CT molecular complexity index is 898. The SMILES string of the molecule is Cc1c(Cl)cccc1NC(=O)c1cnc(Nc2ccc(F)cc2)cn1. The Balaban J connectivity index is 1.70. The highest BCUT2D eigenvalue weighted by Crippen LogP contribution is 2.23. The number of amides is 1. The van der Waals surface area contributed by atoms with Crippen molar-refractivity contribution in [2.45, 2.75) is 6.92 Å². The predicted octanol–water partition coefficient (Wildman–Crippen LogP) is 4.57. The summed E-state index contributed by atoms with van der Waals surface area (Å²) in [7, 11) is 0. The largest absolute Gasteiger partial charge is 0.339 e. The van der Waals surface area contributed by atoms with Gasteiger partial charge in [0.2, 0.25) is 0 Å². The number of hydrogen-bond acceptors (Lipinski definition) is 4. The number of hydrogen-bond donors (Lipinski definition) is 2. The molecule has 1 aromatic heterocycles. The third-order valence-electron chi connectivity index (χ3n) is 3.52. The van der Waals surface area contributed by atoms with Gasteiger partial charge in [0.05, 0.1) is 12.4 Å². The predicted molar refractivity (Wildman–Crippen MR) is 95.9 cm³/mol. The molecule has 0 spiro atoms. The van der Waals surface area contributed by atoms with Gasteiger partial charge in [0.1, 0.15) is 17.3 Å². The van der Waals surface area contributed by atoms with Gasteiger partial charge < -0.3 is 10.6 Å². The zero-order valence-electron chi connectivity index (χ0n) is 13.3. The van der Waals surface area contributed by atoms with Crippen molar-refractivity contribution in [3.05, 3.63) is 77.0 Å². The van der Waals surface area contributed by atoms with Crippen LogP contribution in [0, 0.1) is 12.7 Å². The summed E-state index contributed by atoms with van der Waals surface area (Å²) in [6.07, 6.45) is 2.80. The van der Waals surface area contributed by atoms with Gasteiger partial charge in [-0.1, -0.05) is 17.7 Å². The minimum atomic E-state index is -0.383. The van der Waals surface area contributed by atoms with Crippen LogP contribution >= 0.6 is 11.6 Å². The summed E-state index contributed by atoms with van der Waals surface area (Å²) >= 11 is 6.04. The Kier molecular flexibility index (Phi) is 4.90. The molecule has 5 nitrogen and oxygen atoms in total. The Morgan fingerprint density at radius 1 is 1.08 bits per heavy atom. The van der Waals surface area contributed by atoms with Crippen LogP contribution < -0.4 is 10.6 Å². The first-order valence-corrected chi connectivity index (χ1v) is 7.82. The summed E-state index contributed by atoms with van der Waals surface area (Å²) in [5.74, 6) is -0.256. The number of benzene rings is 2. The van der Waals surface area contributed by atoms with Gasteiger partial charge >= 0.3 is 0 Å². The molecule has 0 unspecified atom stereocenters. The minimum Gasteiger partial charge on any atom is -0.339 e. The molecule has 2 aromatic carbocycles. The van der Waals surface area contributed by atoms with E-state index in [2.05, 4.69) is 20.6 Å². The van der Waals surface area contributed by atoms with Crippen molar-refractivity contribution in [3.63, 3.8) is 0 Å². The Morgan fingerprint density at radius 2 is 1.84 bits per heavy atom. The van der Waals surface area contributed by atoms with Gasteiger partial charge in [-0.15, -0.1) is 0 Å². The van der Waals surface area contributed by atoms with E-state index in [-0.39, 0.29) is 17.4 Å². The molecular formula is C18H14ClFN4O.